The number of halogens is 2. The van der Waals surface area contributed by atoms with Crippen LogP contribution in [0.25, 0.3) is 0 Å². The Balaban J connectivity index is 0.0000144. The number of hydrogen-bond donors (Lipinski definition) is 0. The third-order valence-corrected chi connectivity index (χ3v) is 34.2. The Morgan fingerprint density at radius 1 is 0.695 bits per heavy atom. The lowest BCUT2D eigenvalue weighted by Gasteiger charge is -2.57. The van der Waals surface area contributed by atoms with Crippen LogP contribution in [-0.4, -0.2) is 109 Å². The van der Waals surface area contributed by atoms with E-state index in [2.05, 4.69) is 225 Å². The fourth-order valence-electron chi connectivity index (χ4n) is 12.0. The molecule has 462 valence electrons. The highest BCUT2D eigenvalue weighted by Gasteiger charge is 2.61. The molecule has 0 radical (unpaired) electrons. The lowest BCUT2D eigenvalue weighted by Crippen LogP contribution is -3.00. The molecule has 0 aliphatic carbocycles. The summed E-state index contributed by atoms with van der Waals surface area (Å²) in [6.45, 7) is 52.4. The third-order valence-electron chi connectivity index (χ3n) is 17.5. The summed E-state index contributed by atoms with van der Waals surface area (Å²) in [6, 6.07) is 36.7. The normalized spacial score (nSPS) is 25.1. The molecule has 11 atom stereocenters. The molecule has 0 amide bonds. The van der Waals surface area contributed by atoms with E-state index in [9.17, 15) is 0 Å². The molecule has 3 aromatic rings. The summed E-state index contributed by atoms with van der Waals surface area (Å²) in [5.74, 6) is -1.30. The van der Waals surface area contributed by atoms with Crippen molar-refractivity contribution in [3.63, 3.8) is 0 Å². The van der Waals surface area contributed by atoms with Gasteiger partial charge in [-0.2, -0.15) is 0 Å². The van der Waals surface area contributed by atoms with Crippen LogP contribution < -0.4 is 39.9 Å². The molecule has 3 aromatic carbocycles. The molecule has 0 unspecified atom stereocenters. The highest BCUT2D eigenvalue weighted by Crippen LogP contribution is 2.56. The third kappa shape index (κ3) is 19.8. The average molecular weight is 1370 g/mol. The highest BCUT2D eigenvalue weighted by atomic mass is 127. The summed E-state index contributed by atoms with van der Waals surface area (Å²) in [6.07, 6.45) is 6.67. The lowest BCUT2D eigenvalue weighted by atomic mass is 9.78. The van der Waals surface area contributed by atoms with E-state index in [-0.39, 0.29) is 71.4 Å². The van der Waals surface area contributed by atoms with Crippen molar-refractivity contribution < 1.29 is 60.3 Å². The summed E-state index contributed by atoms with van der Waals surface area (Å²) in [7, 11) is -11.4. The first-order valence-electron chi connectivity index (χ1n) is 30.7. The van der Waals surface area contributed by atoms with Gasteiger partial charge in [-0.1, -0.05) is 146 Å². The monoisotopic (exact) mass is 1360 g/mol. The second-order valence-corrected chi connectivity index (χ2v) is 55.1. The van der Waals surface area contributed by atoms with Gasteiger partial charge in [-0.15, -0.1) is 0 Å². The average Bonchev–Trinajstić information content (AvgIpc) is 3.57. The van der Waals surface area contributed by atoms with E-state index in [0.29, 0.717) is 24.3 Å². The van der Waals surface area contributed by atoms with E-state index in [4.69, 9.17) is 54.5 Å². The van der Waals surface area contributed by atoms with Crippen molar-refractivity contribution in [2.45, 2.75) is 244 Å². The van der Waals surface area contributed by atoms with Gasteiger partial charge in [0.1, 0.15) is 29.3 Å². The van der Waals surface area contributed by atoms with Crippen molar-refractivity contribution in [1.82, 2.24) is 0 Å². The zero-order chi connectivity index (χ0) is 60.4. The standard InChI is InChI=1S/C66H111ClO8PSi5.HI/c1-23-81(24-2,25-3)75-64(62-53(7)61(73-78(15,16)17)63(74-79(18,19)20)59(69-62)48-50(4)47-54(45-44-51(5)67)71-77(12,13)14)66(68-11)49-60(72-80(21,22)65(8,9)10)52(6)58(70-66)43-35-36-46-76(55-37-29-26-30-38-55,56-39-31-27-32-40-56)57-41-33-28-34-42-57;/h26-34,37-42,44-45,52-54,58-64H,4-5,23-25,35-36,43,46-49H2,1-3,6-22H3;1H/q+1;/p-1/b45-44+;/t52-,53+,54+,58+,59+,60-,61+,62+,63+,64-,66+;/m0./s1. The molecule has 8 nitrogen and oxygen atoms in total. The van der Waals surface area contributed by atoms with Crippen LogP contribution in [0, 0.1) is 11.8 Å². The molecule has 0 saturated carbocycles. The SMILES string of the molecule is C=C(Cl)/C=C/[C@H](CC(=C)C[C@H]1O[C@@H]([C@H](O[Si](CC)(CC)CC)[C@@]2(OC)C[C@H](O[Si](C)(C)C(C)(C)C)[C@@H](C)[C@@H](CCCC[P+](c3ccccc3)(c3ccccc3)c3ccccc3)O2)[C@H](C)[C@@H](O[Si](C)(C)C)[C@@H]1O[Si](C)(C)C)O[Si](C)(C)C.[I-]. The van der Waals surface area contributed by atoms with E-state index < -0.39 is 72.9 Å². The number of rotatable bonds is 30. The van der Waals surface area contributed by atoms with Gasteiger partial charge in [-0.05, 0) is 170 Å². The first-order valence-corrected chi connectivity index (χ1v) is 48.7. The van der Waals surface area contributed by atoms with Gasteiger partial charge in [-0.3, -0.25) is 0 Å². The van der Waals surface area contributed by atoms with Gasteiger partial charge < -0.3 is 60.3 Å². The molecule has 0 spiro atoms. The molecular weight excluding hydrogens is 1250 g/mol. The number of hydrogen-bond acceptors (Lipinski definition) is 8. The number of unbranched alkanes of at least 4 members (excludes halogenated alkanes) is 1. The first-order chi connectivity index (χ1) is 37.7. The van der Waals surface area contributed by atoms with Crippen LogP contribution in [0.1, 0.15) is 93.9 Å². The molecule has 2 fully saturated rings. The maximum absolute atomic E-state index is 8.10. The first kappa shape index (κ1) is 73.6. The van der Waals surface area contributed by atoms with Crippen LogP contribution in [0.15, 0.2) is 127 Å². The molecule has 0 N–H and O–H groups in total. The van der Waals surface area contributed by atoms with Gasteiger partial charge in [0.25, 0.3) is 0 Å². The van der Waals surface area contributed by atoms with Crippen molar-refractivity contribution in [1.29, 1.82) is 0 Å². The summed E-state index contributed by atoms with van der Waals surface area (Å²) < 4.78 is 60.4. The second-order valence-electron chi connectivity index (χ2n) is 28.1. The topological polar surface area (TPSA) is 73.8 Å². The molecular formula is C66H111ClIO8PSi5. The van der Waals surface area contributed by atoms with Crippen molar-refractivity contribution in [2.24, 2.45) is 11.8 Å². The van der Waals surface area contributed by atoms with Gasteiger partial charge in [0.2, 0.25) is 0 Å². The Morgan fingerprint density at radius 2 is 1.18 bits per heavy atom. The summed E-state index contributed by atoms with van der Waals surface area (Å²) in [5.41, 5.74) is 1.01. The second kappa shape index (κ2) is 31.0. The minimum atomic E-state index is -2.45. The molecule has 0 bridgehead atoms. The van der Waals surface area contributed by atoms with Gasteiger partial charge in [0.15, 0.2) is 47.4 Å². The summed E-state index contributed by atoms with van der Waals surface area (Å²) >= 11 is 6.32. The van der Waals surface area contributed by atoms with Crippen molar-refractivity contribution in [3.05, 3.63) is 127 Å². The Morgan fingerprint density at radius 3 is 1.61 bits per heavy atom. The van der Waals surface area contributed by atoms with Crippen LogP contribution in [0.5, 0.6) is 0 Å². The van der Waals surface area contributed by atoms with Crippen LogP contribution in [0.3, 0.4) is 0 Å². The molecule has 2 aliphatic heterocycles. The minimum absolute atomic E-state index is 0. The smallest absolute Gasteiger partial charge is 0.198 e. The zero-order valence-electron chi connectivity index (χ0n) is 54.5. The predicted octanol–water partition coefficient (Wildman–Crippen LogP) is 14.4. The predicted molar refractivity (Wildman–Crippen MR) is 361 cm³/mol. The molecule has 2 heterocycles. The number of benzene rings is 3. The quantitative estimate of drug-likeness (QED) is 0.0163. The fraction of sp³-hybridized carbons (Fsp3) is 0.636. The van der Waals surface area contributed by atoms with Gasteiger partial charge in [0.05, 0.1) is 48.9 Å². The number of ether oxygens (including phenoxy) is 3. The van der Waals surface area contributed by atoms with E-state index in [1.165, 1.54) is 15.9 Å². The van der Waals surface area contributed by atoms with Gasteiger partial charge in [0, 0.05) is 30.4 Å². The van der Waals surface area contributed by atoms with Crippen LogP contribution in [0.4, 0.5) is 0 Å². The molecule has 2 aliphatic rings. The summed E-state index contributed by atoms with van der Waals surface area (Å²) in [5, 5.41) is 4.68. The van der Waals surface area contributed by atoms with Crippen molar-refractivity contribution in [3.8, 4) is 0 Å². The van der Waals surface area contributed by atoms with Gasteiger partial charge in [-0.25, -0.2) is 0 Å². The van der Waals surface area contributed by atoms with Gasteiger partial charge >= 0.3 is 0 Å². The molecule has 2 saturated heterocycles. The van der Waals surface area contributed by atoms with E-state index >= 15 is 0 Å². The fourth-order valence-corrected chi connectivity index (χ4v) is 24.1. The number of allylic oxidation sites excluding steroid dienone is 2. The van der Waals surface area contributed by atoms with Crippen LogP contribution in [0.2, 0.25) is 95.2 Å². The van der Waals surface area contributed by atoms with Crippen molar-refractivity contribution in [2.75, 3.05) is 13.3 Å². The van der Waals surface area contributed by atoms with Crippen LogP contribution >= 0.6 is 18.9 Å². The van der Waals surface area contributed by atoms with E-state index in [1.807, 2.05) is 19.3 Å². The number of methoxy groups -OCH3 is 1. The minimum Gasteiger partial charge on any atom is -1.00 e. The largest absolute Gasteiger partial charge is 1.00 e. The van der Waals surface area contributed by atoms with E-state index in [1.54, 1.807) is 0 Å². The molecule has 16 heteroatoms. The maximum atomic E-state index is 8.10. The summed E-state index contributed by atoms with van der Waals surface area (Å²) in [4.78, 5) is 0. The highest BCUT2D eigenvalue weighted by molar-refractivity contribution is 7.95. The lowest BCUT2D eigenvalue weighted by molar-refractivity contribution is -0.353. The molecule has 82 heavy (non-hydrogen) atoms. The molecule has 0 aromatic heterocycles. The Bertz CT molecular complexity index is 2340. The zero-order valence-corrected chi connectivity index (χ0v) is 63.4. The van der Waals surface area contributed by atoms with Crippen LogP contribution in [-0.2, 0) is 36.3 Å². The Labute approximate surface area is 528 Å². The Kier molecular flexibility index (Phi) is 27.8. The Hall–Kier alpha value is -0.906. The maximum Gasteiger partial charge on any atom is 0.198 e. The van der Waals surface area contributed by atoms with E-state index in [0.717, 1.165) is 49.1 Å². The van der Waals surface area contributed by atoms with Crippen molar-refractivity contribution >= 4 is 76.4 Å². The molecule has 5 rings (SSSR count).